The first kappa shape index (κ1) is 23.8. The third-order valence-electron chi connectivity index (χ3n) is 6.62. The molecule has 8 heteroatoms. The fourth-order valence-electron chi connectivity index (χ4n) is 5.07. The fourth-order valence-corrected chi connectivity index (χ4v) is 5.89. The summed E-state index contributed by atoms with van der Waals surface area (Å²) < 4.78 is 56.8. The number of halogens is 2. The second kappa shape index (κ2) is 9.50. The molecule has 2 bridgehead atoms. The van der Waals surface area contributed by atoms with Gasteiger partial charge < -0.3 is 4.90 Å². The van der Waals surface area contributed by atoms with Crippen LogP contribution in [0.3, 0.4) is 0 Å². The first-order valence-electron chi connectivity index (χ1n) is 11.5. The third kappa shape index (κ3) is 5.61. The zero-order valence-corrected chi connectivity index (χ0v) is 19.6. The summed E-state index contributed by atoms with van der Waals surface area (Å²) in [5, 5.41) is 0. The van der Waals surface area contributed by atoms with Crippen LogP contribution in [-0.4, -0.2) is 44.1 Å². The maximum atomic E-state index is 15.1. The standard InChI is InChI=1S/C25H30F2N2O3S/c1-33(31,32)28-22-13-15-29-23(22)17-18-8-7-9-19(16-18)20-10-4-5-11-21(20)25(26,27)14-6-2-3-12-24(29)30/h4-5,7-11,16,22-23,28H,2-3,6,12-15,17H2,1H3. The zero-order valence-electron chi connectivity index (χ0n) is 18.8. The Bertz CT molecular complexity index is 1120. The lowest BCUT2D eigenvalue weighted by Gasteiger charge is -2.29. The SMILES string of the molecule is CS(=O)(=O)NC1CCN2C(=O)CCCCCC(F)(F)c3ccccc3-c3cccc(c3)CC12. The van der Waals surface area contributed by atoms with Gasteiger partial charge in [-0.05, 0) is 42.4 Å². The summed E-state index contributed by atoms with van der Waals surface area (Å²) in [6, 6.07) is 13.4. The normalized spacial score (nSPS) is 23.8. The van der Waals surface area contributed by atoms with Crippen LogP contribution in [0.4, 0.5) is 8.78 Å². The van der Waals surface area contributed by atoms with Crippen LogP contribution in [0.1, 0.15) is 49.7 Å². The van der Waals surface area contributed by atoms with Gasteiger partial charge in [0.15, 0.2) is 0 Å². The number of rotatable bonds is 2. The number of sulfonamides is 1. The Hall–Kier alpha value is -2.32. The van der Waals surface area contributed by atoms with Crippen molar-refractivity contribution in [1.29, 1.82) is 0 Å². The number of hydrogen-bond acceptors (Lipinski definition) is 3. The number of nitrogens with one attached hydrogen (secondary N) is 1. The maximum Gasteiger partial charge on any atom is 0.273 e. The van der Waals surface area contributed by atoms with E-state index in [-0.39, 0.29) is 36.4 Å². The highest BCUT2D eigenvalue weighted by atomic mass is 32.2. The van der Waals surface area contributed by atoms with Crippen molar-refractivity contribution >= 4 is 15.9 Å². The first-order chi connectivity index (χ1) is 15.6. The topological polar surface area (TPSA) is 66.5 Å². The molecule has 2 aromatic rings. The highest BCUT2D eigenvalue weighted by Crippen LogP contribution is 2.40. The van der Waals surface area contributed by atoms with Crippen LogP contribution in [0.25, 0.3) is 11.1 Å². The van der Waals surface area contributed by atoms with Gasteiger partial charge in [-0.2, -0.15) is 0 Å². The molecule has 2 atom stereocenters. The summed E-state index contributed by atoms with van der Waals surface area (Å²) in [7, 11) is -3.44. The lowest BCUT2D eigenvalue weighted by atomic mass is 9.91. The Morgan fingerprint density at radius 1 is 1.06 bits per heavy atom. The predicted molar refractivity (Wildman–Crippen MR) is 124 cm³/mol. The molecule has 2 unspecified atom stereocenters. The van der Waals surface area contributed by atoms with E-state index in [2.05, 4.69) is 4.72 Å². The third-order valence-corrected chi connectivity index (χ3v) is 7.35. The molecule has 4 rings (SSSR count). The second-order valence-corrected chi connectivity index (χ2v) is 10.9. The van der Waals surface area contributed by atoms with Crippen molar-refractivity contribution < 1.29 is 22.0 Å². The molecular formula is C25H30F2N2O3S. The van der Waals surface area contributed by atoms with E-state index in [1.54, 1.807) is 23.1 Å². The number of amides is 1. The van der Waals surface area contributed by atoms with Crippen molar-refractivity contribution in [2.45, 2.75) is 63.0 Å². The summed E-state index contributed by atoms with van der Waals surface area (Å²) in [6.07, 6.45) is 3.56. The number of alkyl halides is 2. The number of benzene rings is 2. The fraction of sp³-hybridized carbons (Fsp3) is 0.480. The molecule has 1 amide bonds. The van der Waals surface area contributed by atoms with E-state index >= 15 is 8.78 Å². The lowest BCUT2D eigenvalue weighted by molar-refractivity contribution is -0.132. The molecule has 178 valence electrons. The van der Waals surface area contributed by atoms with E-state index in [9.17, 15) is 13.2 Å². The number of carbonyl (C=O) groups excluding carboxylic acids is 1. The molecule has 0 spiro atoms. The Balaban J connectivity index is 1.74. The highest BCUT2D eigenvalue weighted by molar-refractivity contribution is 7.88. The van der Waals surface area contributed by atoms with E-state index in [4.69, 9.17) is 0 Å². The minimum absolute atomic E-state index is 0.0206. The molecule has 5 nitrogen and oxygen atoms in total. The van der Waals surface area contributed by atoms with Crippen LogP contribution in [0.15, 0.2) is 48.5 Å². The Labute approximate surface area is 194 Å². The van der Waals surface area contributed by atoms with Gasteiger partial charge in [0.25, 0.3) is 5.92 Å². The van der Waals surface area contributed by atoms with Gasteiger partial charge in [-0.1, -0.05) is 55.0 Å². The van der Waals surface area contributed by atoms with E-state index in [1.807, 2.05) is 24.3 Å². The van der Waals surface area contributed by atoms with E-state index < -0.39 is 15.9 Å². The smallest absolute Gasteiger partial charge is 0.273 e. The summed E-state index contributed by atoms with van der Waals surface area (Å²) >= 11 is 0. The lowest BCUT2D eigenvalue weighted by Crippen LogP contribution is -2.47. The summed E-state index contributed by atoms with van der Waals surface area (Å²) in [4.78, 5) is 14.8. The largest absolute Gasteiger partial charge is 0.338 e. The summed E-state index contributed by atoms with van der Waals surface area (Å²) in [5.41, 5.74) is 2.10. The van der Waals surface area contributed by atoms with Crippen LogP contribution in [0.2, 0.25) is 0 Å². The molecule has 1 fully saturated rings. The van der Waals surface area contributed by atoms with Crippen LogP contribution < -0.4 is 4.72 Å². The molecule has 2 aromatic carbocycles. The molecule has 0 aromatic heterocycles. The first-order valence-corrected chi connectivity index (χ1v) is 13.4. The van der Waals surface area contributed by atoms with Crippen molar-refractivity contribution in [2.75, 3.05) is 12.8 Å². The van der Waals surface area contributed by atoms with Crippen LogP contribution in [0.5, 0.6) is 0 Å². The molecule has 1 saturated heterocycles. The highest BCUT2D eigenvalue weighted by Gasteiger charge is 2.38. The van der Waals surface area contributed by atoms with Gasteiger partial charge in [0.1, 0.15) is 0 Å². The van der Waals surface area contributed by atoms with Crippen molar-refractivity contribution in [3.63, 3.8) is 0 Å². The van der Waals surface area contributed by atoms with Gasteiger partial charge in [0.2, 0.25) is 15.9 Å². The molecule has 2 aliphatic rings. The van der Waals surface area contributed by atoms with Crippen LogP contribution in [0, 0.1) is 0 Å². The average molecular weight is 477 g/mol. The molecule has 0 saturated carbocycles. The van der Waals surface area contributed by atoms with Gasteiger partial charge in [-0.15, -0.1) is 0 Å². The molecule has 33 heavy (non-hydrogen) atoms. The number of hydrogen-bond donors (Lipinski definition) is 1. The van der Waals surface area contributed by atoms with Crippen LogP contribution >= 0.6 is 0 Å². The number of fused-ring (bicyclic) bond motifs is 5. The molecular weight excluding hydrogens is 446 g/mol. The molecule has 2 heterocycles. The number of carbonyl (C=O) groups is 1. The molecule has 1 N–H and O–H groups in total. The van der Waals surface area contributed by atoms with Gasteiger partial charge >= 0.3 is 0 Å². The van der Waals surface area contributed by atoms with Crippen molar-refractivity contribution in [1.82, 2.24) is 9.62 Å². The second-order valence-electron chi connectivity index (χ2n) is 9.15. The van der Waals surface area contributed by atoms with E-state index in [0.717, 1.165) is 11.8 Å². The van der Waals surface area contributed by atoms with E-state index in [0.29, 0.717) is 49.8 Å². The monoisotopic (exact) mass is 476 g/mol. The van der Waals surface area contributed by atoms with E-state index in [1.165, 1.54) is 6.07 Å². The van der Waals surface area contributed by atoms with Crippen molar-refractivity contribution in [3.05, 3.63) is 59.7 Å². The predicted octanol–water partition coefficient (Wildman–Crippen LogP) is 4.47. The minimum atomic E-state index is -3.44. The van der Waals surface area contributed by atoms with Crippen LogP contribution in [-0.2, 0) is 27.2 Å². The molecule has 2 aliphatic heterocycles. The summed E-state index contributed by atoms with van der Waals surface area (Å²) in [6.45, 7) is 0.483. The van der Waals surface area contributed by atoms with Gasteiger partial charge in [-0.25, -0.2) is 21.9 Å². The maximum absolute atomic E-state index is 15.1. The quantitative estimate of drug-likeness (QED) is 0.696. The van der Waals surface area contributed by atoms with Gasteiger partial charge in [-0.3, -0.25) is 4.79 Å². The summed E-state index contributed by atoms with van der Waals surface area (Å²) in [5.74, 6) is -3.00. The Morgan fingerprint density at radius 2 is 1.85 bits per heavy atom. The zero-order chi connectivity index (χ0) is 23.6. The number of nitrogens with zero attached hydrogens (tertiary/aromatic N) is 1. The van der Waals surface area contributed by atoms with Crippen molar-refractivity contribution in [3.8, 4) is 11.1 Å². The van der Waals surface area contributed by atoms with Gasteiger partial charge in [0.05, 0.1) is 12.3 Å². The van der Waals surface area contributed by atoms with Crippen molar-refractivity contribution in [2.24, 2.45) is 0 Å². The minimum Gasteiger partial charge on any atom is -0.338 e. The Kier molecular flexibility index (Phi) is 6.86. The average Bonchev–Trinajstić information content (AvgIpc) is 3.13. The van der Waals surface area contributed by atoms with Gasteiger partial charge in [0, 0.05) is 31.0 Å². The molecule has 0 radical (unpaired) electrons. The molecule has 0 aliphatic carbocycles. The Morgan fingerprint density at radius 3 is 2.64 bits per heavy atom.